The van der Waals surface area contributed by atoms with Gasteiger partial charge in [0.05, 0.1) is 23.9 Å². The Morgan fingerprint density at radius 1 is 1.07 bits per heavy atom. The Bertz CT molecular complexity index is 1240. The summed E-state index contributed by atoms with van der Waals surface area (Å²) in [7, 11) is 1.37. The highest BCUT2D eigenvalue weighted by molar-refractivity contribution is 5.91. The van der Waals surface area contributed by atoms with E-state index in [-0.39, 0.29) is 5.97 Å². The van der Waals surface area contributed by atoms with Crippen molar-refractivity contribution in [3.8, 4) is 5.69 Å². The van der Waals surface area contributed by atoms with Crippen molar-refractivity contribution in [2.45, 2.75) is 13.8 Å². The van der Waals surface area contributed by atoms with Crippen molar-refractivity contribution in [1.82, 2.24) is 9.55 Å². The third-order valence-electron chi connectivity index (χ3n) is 4.94. The number of benzene rings is 2. The summed E-state index contributed by atoms with van der Waals surface area (Å²) < 4.78 is 6.98. The van der Waals surface area contributed by atoms with E-state index in [9.17, 15) is 4.79 Å². The molecule has 0 aliphatic heterocycles. The lowest BCUT2D eigenvalue weighted by Crippen LogP contribution is -2.00. The van der Waals surface area contributed by atoms with Crippen molar-refractivity contribution in [2.75, 3.05) is 7.11 Å². The first-order valence-corrected chi connectivity index (χ1v) is 9.33. The largest absolute Gasteiger partial charge is 0.465 e. The summed E-state index contributed by atoms with van der Waals surface area (Å²) in [6.45, 7) is 4.16. The standard InChI is InChI=1S/C24H21N3O2/c1-16-12-20(15-26-21-8-4-6-19(13-21)24(28)29-3)17(2)27(16)22-9-10-23-18(14-22)7-5-11-25-23/h4-15H,1-3H3. The molecule has 0 atom stereocenters. The quantitative estimate of drug-likeness (QED) is 0.360. The minimum absolute atomic E-state index is 0.369. The third-order valence-corrected chi connectivity index (χ3v) is 4.94. The SMILES string of the molecule is COC(=O)c1cccc(N=Cc2cc(C)n(-c3ccc4ncccc4c3)c2C)c1. The number of aliphatic imine (C=N–C) groups is 1. The van der Waals surface area contributed by atoms with Crippen LogP contribution >= 0.6 is 0 Å². The van der Waals surface area contributed by atoms with Crippen LogP contribution in [0.25, 0.3) is 16.6 Å². The number of esters is 1. The van der Waals surface area contributed by atoms with E-state index in [0.717, 1.165) is 33.5 Å². The summed E-state index contributed by atoms with van der Waals surface area (Å²) in [5.74, 6) is -0.369. The second kappa shape index (κ2) is 7.72. The number of nitrogens with zero attached hydrogens (tertiary/aromatic N) is 3. The highest BCUT2D eigenvalue weighted by atomic mass is 16.5. The van der Waals surface area contributed by atoms with Gasteiger partial charge in [-0.15, -0.1) is 0 Å². The maximum atomic E-state index is 11.7. The minimum atomic E-state index is -0.369. The maximum Gasteiger partial charge on any atom is 0.337 e. The number of hydrogen-bond donors (Lipinski definition) is 0. The molecule has 0 aliphatic rings. The van der Waals surface area contributed by atoms with Crippen molar-refractivity contribution in [2.24, 2.45) is 4.99 Å². The molecule has 0 saturated heterocycles. The molecule has 0 N–H and O–H groups in total. The molecule has 144 valence electrons. The fraction of sp³-hybridized carbons (Fsp3) is 0.125. The van der Waals surface area contributed by atoms with Crippen LogP contribution < -0.4 is 0 Å². The Morgan fingerprint density at radius 3 is 2.76 bits per heavy atom. The second-order valence-corrected chi connectivity index (χ2v) is 6.84. The van der Waals surface area contributed by atoms with Gasteiger partial charge in [0.15, 0.2) is 0 Å². The molecular formula is C24H21N3O2. The molecule has 0 radical (unpaired) electrons. The summed E-state index contributed by atoms with van der Waals surface area (Å²) in [6.07, 6.45) is 3.63. The summed E-state index contributed by atoms with van der Waals surface area (Å²) in [6, 6.07) is 19.5. The van der Waals surface area contributed by atoms with Gasteiger partial charge >= 0.3 is 5.97 Å². The van der Waals surface area contributed by atoms with Gasteiger partial charge in [0, 0.05) is 40.4 Å². The van der Waals surface area contributed by atoms with Crippen LogP contribution in [0.15, 0.2) is 71.9 Å². The molecule has 0 bridgehead atoms. The Kier molecular flexibility index (Phi) is 4.96. The van der Waals surface area contributed by atoms with E-state index in [2.05, 4.69) is 52.7 Å². The van der Waals surface area contributed by atoms with Gasteiger partial charge in [-0.1, -0.05) is 12.1 Å². The lowest BCUT2D eigenvalue weighted by molar-refractivity contribution is 0.0601. The summed E-state index contributed by atoms with van der Waals surface area (Å²) >= 11 is 0. The van der Waals surface area contributed by atoms with E-state index in [1.807, 2.05) is 24.4 Å². The molecule has 4 rings (SSSR count). The van der Waals surface area contributed by atoms with Crippen LogP contribution in [0.1, 0.15) is 27.3 Å². The Hall–Kier alpha value is -3.73. The first kappa shape index (κ1) is 18.6. The fourth-order valence-corrected chi connectivity index (χ4v) is 3.49. The molecule has 5 nitrogen and oxygen atoms in total. The molecule has 0 amide bonds. The maximum absolute atomic E-state index is 11.7. The number of pyridine rings is 1. The van der Waals surface area contributed by atoms with Crippen LogP contribution in [-0.4, -0.2) is 28.8 Å². The van der Waals surface area contributed by atoms with Gasteiger partial charge in [0.1, 0.15) is 0 Å². The first-order chi connectivity index (χ1) is 14.1. The summed E-state index contributed by atoms with van der Waals surface area (Å²) in [5, 5.41) is 1.10. The van der Waals surface area contributed by atoms with E-state index in [4.69, 9.17) is 4.74 Å². The van der Waals surface area contributed by atoms with Crippen LogP contribution in [0, 0.1) is 13.8 Å². The Balaban J connectivity index is 1.68. The number of carbonyl (C=O) groups is 1. The zero-order valence-corrected chi connectivity index (χ0v) is 16.6. The zero-order chi connectivity index (χ0) is 20.4. The van der Waals surface area contributed by atoms with Crippen LogP contribution in [0.4, 0.5) is 5.69 Å². The molecule has 4 aromatic rings. The molecule has 0 saturated carbocycles. The van der Waals surface area contributed by atoms with Crippen LogP contribution in [0.2, 0.25) is 0 Å². The molecule has 5 heteroatoms. The lowest BCUT2D eigenvalue weighted by atomic mass is 10.2. The summed E-state index contributed by atoms with van der Waals surface area (Å²) in [4.78, 5) is 20.7. The normalized spacial score (nSPS) is 11.3. The van der Waals surface area contributed by atoms with Crippen molar-refractivity contribution in [3.05, 3.63) is 89.4 Å². The lowest BCUT2D eigenvalue weighted by Gasteiger charge is -2.10. The predicted molar refractivity (Wildman–Crippen MR) is 116 cm³/mol. The van der Waals surface area contributed by atoms with E-state index in [0.29, 0.717) is 11.3 Å². The summed E-state index contributed by atoms with van der Waals surface area (Å²) in [5.41, 5.74) is 6.50. The first-order valence-electron chi connectivity index (χ1n) is 9.33. The zero-order valence-electron chi connectivity index (χ0n) is 16.6. The number of ether oxygens (including phenoxy) is 1. The van der Waals surface area contributed by atoms with Gasteiger partial charge in [0.25, 0.3) is 0 Å². The molecule has 2 aromatic heterocycles. The number of aryl methyl sites for hydroxylation is 1. The number of aromatic nitrogens is 2. The molecule has 29 heavy (non-hydrogen) atoms. The van der Waals surface area contributed by atoms with Crippen molar-refractivity contribution in [3.63, 3.8) is 0 Å². The third kappa shape index (κ3) is 3.67. The van der Waals surface area contributed by atoms with E-state index in [1.54, 1.807) is 24.4 Å². The molecule has 2 aromatic carbocycles. The smallest absolute Gasteiger partial charge is 0.337 e. The highest BCUT2D eigenvalue weighted by Crippen LogP contribution is 2.23. The average molecular weight is 383 g/mol. The van der Waals surface area contributed by atoms with Crippen LogP contribution in [-0.2, 0) is 4.74 Å². The number of carbonyl (C=O) groups excluding carboxylic acids is 1. The van der Waals surface area contributed by atoms with Crippen LogP contribution in [0.3, 0.4) is 0 Å². The van der Waals surface area contributed by atoms with Gasteiger partial charge in [-0.25, -0.2) is 4.79 Å². The van der Waals surface area contributed by atoms with Gasteiger partial charge < -0.3 is 9.30 Å². The Labute approximate surface area is 169 Å². The predicted octanol–water partition coefficient (Wildman–Crippen LogP) is 5.18. The molecule has 0 unspecified atom stereocenters. The van der Waals surface area contributed by atoms with E-state index < -0.39 is 0 Å². The van der Waals surface area contributed by atoms with Crippen molar-refractivity contribution < 1.29 is 9.53 Å². The van der Waals surface area contributed by atoms with Crippen molar-refractivity contribution >= 4 is 28.8 Å². The number of fused-ring (bicyclic) bond motifs is 1. The van der Waals surface area contributed by atoms with Crippen LogP contribution in [0.5, 0.6) is 0 Å². The average Bonchev–Trinajstić information content (AvgIpc) is 3.04. The molecular weight excluding hydrogens is 362 g/mol. The number of methoxy groups -OCH3 is 1. The van der Waals surface area contributed by atoms with Gasteiger partial charge in [-0.2, -0.15) is 0 Å². The number of hydrogen-bond acceptors (Lipinski definition) is 4. The molecule has 2 heterocycles. The second-order valence-electron chi connectivity index (χ2n) is 6.84. The molecule has 0 spiro atoms. The monoisotopic (exact) mass is 383 g/mol. The fourth-order valence-electron chi connectivity index (χ4n) is 3.49. The van der Waals surface area contributed by atoms with E-state index >= 15 is 0 Å². The van der Waals surface area contributed by atoms with Crippen molar-refractivity contribution in [1.29, 1.82) is 0 Å². The van der Waals surface area contributed by atoms with Gasteiger partial charge in [-0.3, -0.25) is 9.98 Å². The minimum Gasteiger partial charge on any atom is -0.465 e. The van der Waals surface area contributed by atoms with E-state index in [1.165, 1.54) is 7.11 Å². The highest BCUT2D eigenvalue weighted by Gasteiger charge is 2.10. The molecule has 0 fully saturated rings. The van der Waals surface area contributed by atoms with Gasteiger partial charge in [-0.05, 0) is 62.4 Å². The Morgan fingerprint density at radius 2 is 1.93 bits per heavy atom. The van der Waals surface area contributed by atoms with Gasteiger partial charge in [0.2, 0.25) is 0 Å². The number of rotatable bonds is 4. The topological polar surface area (TPSA) is 56.5 Å². The molecule has 0 aliphatic carbocycles.